The second-order valence-electron chi connectivity index (χ2n) is 7.90. The zero-order valence-electron chi connectivity index (χ0n) is 18.0. The molecule has 1 aliphatic rings. The fourth-order valence-electron chi connectivity index (χ4n) is 4.30. The molecule has 2 aromatic carbocycles. The lowest BCUT2D eigenvalue weighted by Gasteiger charge is -2.36. The van der Waals surface area contributed by atoms with E-state index in [4.69, 9.17) is 0 Å². The van der Waals surface area contributed by atoms with E-state index in [1.54, 1.807) is 17.1 Å². The van der Waals surface area contributed by atoms with Crippen LogP contribution in [-0.2, 0) is 6.54 Å². The maximum absolute atomic E-state index is 13.0. The highest BCUT2D eigenvalue weighted by molar-refractivity contribution is 6.02. The Morgan fingerprint density at radius 1 is 0.844 bits per heavy atom. The summed E-state index contributed by atoms with van der Waals surface area (Å²) in [5.41, 5.74) is 4.22. The molecule has 0 atom stereocenters. The first kappa shape index (κ1) is 24.0. The number of nitrogens with zero attached hydrogens (tertiary/aromatic N) is 5. The Labute approximate surface area is 199 Å². The van der Waals surface area contributed by atoms with Gasteiger partial charge in [-0.1, -0.05) is 36.4 Å². The minimum Gasteiger partial charge on any atom is -0.369 e. The molecule has 1 fully saturated rings. The topological polar surface area (TPSA) is 54.3 Å². The van der Waals surface area contributed by atoms with Crippen molar-refractivity contribution in [1.82, 2.24) is 19.4 Å². The fourth-order valence-corrected chi connectivity index (χ4v) is 4.30. The molecule has 0 bridgehead atoms. The molecule has 5 rings (SSSR count). The summed E-state index contributed by atoms with van der Waals surface area (Å²) in [7, 11) is 0. The summed E-state index contributed by atoms with van der Waals surface area (Å²) >= 11 is 0. The summed E-state index contributed by atoms with van der Waals surface area (Å²) in [5, 5.41) is 1.51. The number of para-hydroxylation sites is 2. The van der Waals surface area contributed by atoms with Crippen molar-refractivity contribution < 1.29 is 0 Å². The number of hydrogen-bond acceptors (Lipinski definition) is 5. The second kappa shape index (κ2) is 10.3. The van der Waals surface area contributed by atoms with E-state index in [1.165, 1.54) is 11.3 Å². The molecule has 0 unspecified atom stereocenters. The molecule has 3 heterocycles. The number of benzene rings is 2. The van der Waals surface area contributed by atoms with Crippen molar-refractivity contribution in [2.75, 3.05) is 37.6 Å². The molecular formula is C24H27Cl2N5O. The van der Waals surface area contributed by atoms with Gasteiger partial charge >= 0.3 is 0 Å². The number of piperazine rings is 1. The van der Waals surface area contributed by atoms with Gasteiger partial charge in [0.25, 0.3) is 5.56 Å². The Morgan fingerprint density at radius 2 is 1.56 bits per heavy atom. The summed E-state index contributed by atoms with van der Waals surface area (Å²) in [4.78, 5) is 26.9. The van der Waals surface area contributed by atoms with Crippen LogP contribution in [0, 0.1) is 6.92 Å². The van der Waals surface area contributed by atoms with Gasteiger partial charge in [-0.3, -0.25) is 19.2 Å². The largest absolute Gasteiger partial charge is 0.369 e. The molecule has 1 aliphatic heterocycles. The highest BCUT2D eigenvalue weighted by atomic mass is 35.5. The monoisotopic (exact) mass is 471 g/mol. The van der Waals surface area contributed by atoms with Crippen molar-refractivity contribution in [3.63, 3.8) is 0 Å². The molecule has 4 aromatic rings. The Bertz CT molecular complexity index is 1270. The molecule has 1 saturated heterocycles. The molecule has 0 amide bonds. The number of pyridine rings is 1. The van der Waals surface area contributed by atoms with Crippen LogP contribution < -0.4 is 10.5 Å². The van der Waals surface area contributed by atoms with Gasteiger partial charge in [-0.05, 0) is 24.6 Å². The zero-order chi connectivity index (χ0) is 20.5. The number of halogens is 2. The fraction of sp³-hybridized carbons (Fsp3) is 0.292. The number of fused-ring (bicyclic) bond motifs is 3. The predicted octanol–water partition coefficient (Wildman–Crippen LogP) is 3.92. The van der Waals surface area contributed by atoms with Crippen molar-refractivity contribution in [1.29, 1.82) is 0 Å². The van der Waals surface area contributed by atoms with Gasteiger partial charge < -0.3 is 4.90 Å². The lowest BCUT2D eigenvalue weighted by molar-refractivity contribution is 0.247. The smallest absolute Gasteiger partial charge is 0.262 e. The molecule has 168 valence electrons. The van der Waals surface area contributed by atoms with Gasteiger partial charge in [0.15, 0.2) is 0 Å². The van der Waals surface area contributed by atoms with Crippen molar-refractivity contribution in [3.05, 3.63) is 77.0 Å². The average molecular weight is 472 g/mol. The van der Waals surface area contributed by atoms with E-state index < -0.39 is 0 Å². The van der Waals surface area contributed by atoms with Crippen LogP contribution in [0.5, 0.6) is 0 Å². The van der Waals surface area contributed by atoms with Crippen molar-refractivity contribution in [2.45, 2.75) is 13.5 Å². The SMILES string of the molecule is Cc1ccccc1N1CCN(CCn2cnc3c(cnc4ccccc43)c2=O)CC1.Cl.Cl. The molecule has 6 nitrogen and oxygen atoms in total. The van der Waals surface area contributed by atoms with Crippen LogP contribution in [0.15, 0.2) is 65.8 Å². The predicted molar refractivity (Wildman–Crippen MR) is 136 cm³/mol. The number of hydrogen-bond donors (Lipinski definition) is 0. The minimum atomic E-state index is -0.0169. The molecular weight excluding hydrogens is 445 g/mol. The number of aromatic nitrogens is 3. The van der Waals surface area contributed by atoms with Gasteiger partial charge in [-0.15, -0.1) is 24.8 Å². The third-order valence-electron chi connectivity index (χ3n) is 6.05. The highest BCUT2D eigenvalue weighted by Crippen LogP contribution is 2.21. The van der Waals surface area contributed by atoms with E-state index in [0.29, 0.717) is 11.9 Å². The maximum atomic E-state index is 13.0. The standard InChI is InChI=1S/C24H25N5O.2ClH/c1-18-6-2-5-9-22(18)28-13-10-27(11-14-28)12-15-29-17-26-23-19-7-3-4-8-21(19)25-16-20(23)24(29)30;;/h2-9,16-17H,10-15H2,1H3;2*1H. The van der Waals surface area contributed by atoms with Gasteiger partial charge in [0.2, 0.25) is 0 Å². The Balaban J connectivity index is 0.00000144. The molecule has 2 aromatic heterocycles. The summed E-state index contributed by atoms with van der Waals surface area (Å²) in [6.45, 7) is 7.65. The average Bonchev–Trinajstić information content (AvgIpc) is 2.79. The third-order valence-corrected chi connectivity index (χ3v) is 6.05. The van der Waals surface area contributed by atoms with Crippen LogP contribution in [0.4, 0.5) is 5.69 Å². The first-order chi connectivity index (χ1) is 14.7. The molecule has 0 aliphatic carbocycles. The van der Waals surface area contributed by atoms with Gasteiger partial charge in [0.05, 0.1) is 22.7 Å². The van der Waals surface area contributed by atoms with Crippen LogP contribution >= 0.6 is 24.8 Å². The minimum absolute atomic E-state index is 0. The highest BCUT2D eigenvalue weighted by Gasteiger charge is 2.18. The number of anilines is 1. The quantitative estimate of drug-likeness (QED) is 0.422. The summed E-state index contributed by atoms with van der Waals surface area (Å²) in [5.74, 6) is 0. The van der Waals surface area contributed by atoms with E-state index >= 15 is 0 Å². The van der Waals surface area contributed by atoms with Gasteiger partial charge in [0, 0.05) is 56.5 Å². The van der Waals surface area contributed by atoms with Crippen molar-refractivity contribution in [2.24, 2.45) is 0 Å². The number of aryl methyl sites for hydroxylation is 1. The normalized spacial score (nSPS) is 14.2. The second-order valence-corrected chi connectivity index (χ2v) is 7.90. The van der Waals surface area contributed by atoms with E-state index in [9.17, 15) is 4.79 Å². The summed E-state index contributed by atoms with van der Waals surface area (Å²) < 4.78 is 1.71. The molecule has 0 spiro atoms. The Morgan fingerprint density at radius 3 is 2.34 bits per heavy atom. The van der Waals surface area contributed by atoms with Gasteiger partial charge in [0.1, 0.15) is 0 Å². The third kappa shape index (κ3) is 4.58. The van der Waals surface area contributed by atoms with E-state index in [1.807, 2.05) is 24.3 Å². The van der Waals surface area contributed by atoms with Crippen LogP contribution in [0.3, 0.4) is 0 Å². The zero-order valence-corrected chi connectivity index (χ0v) is 19.6. The lowest BCUT2D eigenvalue weighted by atomic mass is 10.1. The summed E-state index contributed by atoms with van der Waals surface area (Å²) in [6.07, 6.45) is 3.34. The first-order valence-electron chi connectivity index (χ1n) is 10.5. The maximum Gasteiger partial charge on any atom is 0.262 e. The van der Waals surface area contributed by atoms with Crippen LogP contribution in [0.2, 0.25) is 0 Å². The molecule has 0 radical (unpaired) electrons. The summed E-state index contributed by atoms with van der Waals surface area (Å²) in [6, 6.07) is 16.4. The Kier molecular flexibility index (Phi) is 7.72. The number of rotatable bonds is 4. The Hall–Kier alpha value is -2.67. The van der Waals surface area contributed by atoms with Crippen LogP contribution in [0.1, 0.15) is 5.56 Å². The van der Waals surface area contributed by atoms with Gasteiger partial charge in [-0.25, -0.2) is 4.98 Å². The van der Waals surface area contributed by atoms with Crippen molar-refractivity contribution >= 4 is 52.3 Å². The molecule has 8 heteroatoms. The molecule has 0 N–H and O–H groups in total. The first-order valence-corrected chi connectivity index (χ1v) is 10.5. The van der Waals surface area contributed by atoms with Crippen molar-refractivity contribution in [3.8, 4) is 0 Å². The molecule has 32 heavy (non-hydrogen) atoms. The van der Waals surface area contributed by atoms with Gasteiger partial charge in [-0.2, -0.15) is 0 Å². The van der Waals surface area contributed by atoms with E-state index in [-0.39, 0.29) is 30.4 Å². The van der Waals surface area contributed by atoms with E-state index in [2.05, 4.69) is 51.0 Å². The van der Waals surface area contributed by atoms with Crippen LogP contribution in [0.25, 0.3) is 21.8 Å². The van der Waals surface area contributed by atoms with E-state index in [0.717, 1.165) is 49.1 Å². The lowest BCUT2D eigenvalue weighted by Crippen LogP contribution is -2.47. The molecule has 0 saturated carbocycles. The van der Waals surface area contributed by atoms with Crippen LogP contribution in [-0.4, -0.2) is 52.2 Å².